The average molecular weight is 859 g/mol. The fourth-order valence-electron chi connectivity index (χ4n) is 7.62. The molecule has 2 aliphatic rings. The van der Waals surface area contributed by atoms with Crippen LogP contribution in [-0.4, -0.2) is 42.3 Å². The van der Waals surface area contributed by atoms with Crippen LogP contribution < -0.4 is 0 Å². The first-order valence-corrected chi connectivity index (χ1v) is 41.1. The van der Waals surface area contributed by atoms with Crippen LogP contribution >= 0.6 is 23.5 Å². The molecule has 0 spiro atoms. The van der Waals surface area contributed by atoms with E-state index in [-0.39, 0.29) is 0 Å². The van der Waals surface area contributed by atoms with Crippen molar-refractivity contribution in [2.24, 2.45) is 0 Å². The van der Waals surface area contributed by atoms with Crippen LogP contribution in [0.25, 0.3) is 0 Å². The Morgan fingerprint density at radius 1 is 0.523 bits per heavy atom. The van der Waals surface area contributed by atoms with Crippen LogP contribution in [-0.2, 0) is 0 Å². The van der Waals surface area contributed by atoms with Crippen LogP contribution in [0.4, 0.5) is 0 Å². The second-order valence-corrected chi connectivity index (χ2v) is 51.6. The van der Waals surface area contributed by atoms with Crippen molar-refractivity contribution in [2.75, 3.05) is 0 Å². The molecule has 2 unspecified atom stereocenters. The Morgan fingerprint density at radius 3 is 1.07 bits per heavy atom. The van der Waals surface area contributed by atoms with Crippen molar-refractivity contribution in [2.45, 2.75) is 203 Å². The molecule has 0 aliphatic carbocycles. The van der Waals surface area contributed by atoms with Gasteiger partial charge in [0.1, 0.15) is 0 Å². The van der Waals surface area contributed by atoms with E-state index in [0.29, 0.717) is 5.53 Å². The second kappa shape index (κ2) is 21.6. The molecule has 0 aromatic heterocycles. The van der Waals surface area contributed by atoms with Crippen LogP contribution in [0.5, 0.6) is 0 Å². The zero-order chi connectivity index (χ0) is 32.5. The number of hydrogen-bond donors (Lipinski definition) is 0. The van der Waals surface area contributed by atoms with Crippen molar-refractivity contribution in [1.82, 2.24) is 0 Å². The molecule has 0 amide bonds. The average Bonchev–Trinajstić information content (AvgIpc) is 3.61. The Morgan fingerprint density at radius 2 is 0.795 bits per heavy atom. The van der Waals surface area contributed by atoms with Gasteiger partial charge in [-0.15, -0.1) is 0 Å². The van der Waals surface area contributed by atoms with Gasteiger partial charge in [-0.1, -0.05) is 39.5 Å². The maximum atomic E-state index is 5.18. The van der Waals surface area contributed by atoms with Gasteiger partial charge in [0.2, 0.25) is 0 Å². The normalized spacial score (nSPS) is 22.5. The Kier molecular flexibility index (Phi) is 20.4. The summed E-state index contributed by atoms with van der Waals surface area (Å²) in [5, 5.41) is 5.29. The molecule has 2 atom stereocenters. The van der Waals surface area contributed by atoms with E-state index in [1.165, 1.54) is 154 Å². The second-order valence-electron chi connectivity index (χ2n) is 16.6. The third-order valence-electron chi connectivity index (χ3n) is 10.9. The first kappa shape index (κ1) is 41.7. The standard InChI is InChI=1S/C34H58S2.6CH3.2Sn/c1-4-6-8-10-12-14-16-18-20-22-24-31-26-33(35-28-31)30(3)34-27-32(29-36-34)25-23-21-19-17-15-13-11-9-7-5-2;;;;;;;;/h28-29H,3-27H2,1-2H3;6*1H3;;. The van der Waals surface area contributed by atoms with Crippen molar-refractivity contribution < 1.29 is 0 Å². The Balaban J connectivity index is 1.86. The van der Waals surface area contributed by atoms with Gasteiger partial charge < -0.3 is 0 Å². The van der Waals surface area contributed by atoms with Gasteiger partial charge in [-0.2, -0.15) is 0 Å². The molecule has 0 bridgehead atoms. The number of unbranched alkanes of at least 4 members (excludes halogenated alkanes) is 18. The molecule has 4 heteroatoms. The zero-order valence-electron chi connectivity index (χ0n) is 31.1. The summed E-state index contributed by atoms with van der Waals surface area (Å²) < 4.78 is 0.695. The Hall–Kier alpha value is 1.52. The van der Waals surface area contributed by atoms with Crippen LogP contribution in [0.15, 0.2) is 34.1 Å². The molecule has 2 rings (SSSR count). The van der Waals surface area contributed by atoms with Crippen molar-refractivity contribution in [3.63, 3.8) is 0 Å². The van der Waals surface area contributed by atoms with Gasteiger partial charge in [0.05, 0.1) is 0 Å². The van der Waals surface area contributed by atoms with Gasteiger partial charge in [-0.25, -0.2) is 0 Å². The SMILES string of the molecule is C=C([C]1([Sn]([CH3])([CH3])[CH3])CC(CCCCCCCCCCCC)=CS1)[C]1([Sn]([CH3])([CH3])[CH3])CC(CCCCCCCCCCCC)=CS1. The molecule has 0 aromatic carbocycles. The van der Waals surface area contributed by atoms with Crippen molar-refractivity contribution in [1.29, 1.82) is 0 Å². The molecule has 0 radical (unpaired) electrons. The van der Waals surface area contributed by atoms with E-state index < -0.39 is 36.8 Å². The summed E-state index contributed by atoms with van der Waals surface area (Å²) in [5.41, 5.74) is 5.24. The maximum absolute atomic E-state index is 5.18. The summed E-state index contributed by atoms with van der Waals surface area (Å²) in [5.74, 6) is 0. The van der Waals surface area contributed by atoms with Gasteiger partial charge >= 0.3 is 258 Å². The molecular formula is C40H76S2Sn2. The minimum absolute atomic E-state index is 0.347. The molecule has 256 valence electrons. The van der Waals surface area contributed by atoms with Crippen molar-refractivity contribution >= 4 is 60.3 Å². The Bertz CT molecular complexity index is 807. The summed E-state index contributed by atoms with van der Waals surface area (Å²) >= 11 is -0.284. The van der Waals surface area contributed by atoms with Crippen LogP contribution in [0.2, 0.25) is 29.6 Å². The van der Waals surface area contributed by atoms with Gasteiger partial charge in [-0.3, -0.25) is 0 Å². The predicted molar refractivity (Wildman–Crippen MR) is 215 cm³/mol. The van der Waals surface area contributed by atoms with Crippen LogP contribution in [0.1, 0.15) is 168 Å². The fraction of sp³-hybridized carbons (Fsp3) is 0.850. The first-order chi connectivity index (χ1) is 20.9. The summed E-state index contributed by atoms with van der Waals surface area (Å²) in [6.07, 6.45) is 34.0. The van der Waals surface area contributed by atoms with E-state index in [0.717, 1.165) is 0 Å². The summed E-state index contributed by atoms with van der Waals surface area (Å²) in [6, 6.07) is 0. The zero-order valence-corrected chi connectivity index (χ0v) is 38.5. The third-order valence-corrected chi connectivity index (χ3v) is 40.2. The Labute approximate surface area is 294 Å². The molecule has 0 nitrogen and oxygen atoms in total. The van der Waals surface area contributed by atoms with Gasteiger partial charge in [0.25, 0.3) is 0 Å². The fourth-order valence-corrected chi connectivity index (χ4v) is 30.0. The van der Waals surface area contributed by atoms with E-state index in [1.807, 2.05) is 0 Å². The third kappa shape index (κ3) is 13.1. The van der Waals surface area contributed by atoms with E-state index >= 15 is 0 Å². The molecule has 0 fully saturated rings. The molecule has 2 aliphatic heterocycles. The summed E-state index contributed by atoms with van der Waals surface area (Å²) in [6.45, 7) is 9.80. The van der Waals surface area contributed by atoms with E-state index in [9.17, 15) is 0 Å². The van der Waals surface area contributed by atoms with Crippen LogP contribution in [0.3, 0.4) is 0 Å². The molecule has 0 saturated heterocycles. The number of rotatable bonds is 26. The summed E-state index contributed by atoms with van der Waals surface area (Å²) in [7, 11) is 0. The minimum atomic E-state index is -2.40. The number of hydrogen-bond acceptors (Lipinski definition) is 2. The number of allylic oxidation sites excluding steroid dienone is 2. The van der Waals surface area contributed by atoms with Gasteiger partial charge in [0, 0.05) is 0 Å². The van der Waals surface area contributed by atoms with Crippen molar-refractivity contribution in [3.05, 3.63) is 34.1 Å². The van der Waals surface area contributed by atoms with Gasteiger partial charge in [0.15, 0.2) is 0 Å². The predicted octanol–water partition coefficient (Wildman–Crippen LogP) is 15.4. The number of thioether (sulfide) groups is 2. The summed E-state index contributed by atoms with van der Waals surface area (Å²) in [4.78, 5) is 16.3. The molecule has 0 N–H and O–H groups in total. The molecule has 2 heterocycles. The topological polar surface area (TPSA) is 0 Å². The molecule has 44 heavy (non-hydrogen) atoms. The van der Waals surface area contributed by atoms with Gasteiger partial charge in [-0.05, 0) is 0 Å². The first-order valence-electron chi connectivity index (χ1n) is 19.3. The van der Waals surface area contributed by atoms with E-state index in [1.54, 1.807) is 16.7 Å². The molecule has 0 saturated carbocycles. The quantitative estimate of drug-likeness (QED) is 0.0483. The monoisotopic (exact) mass is 860 g/mol. The van der Waals surface area contributed by atoms with E-state index in [4.69, 9.17) is 6.58 Å². The van der Waals surface area contributed by atoms with E-state index in [2.05, 4.69) is 77.8 Å². The van der Waals surface area contributed by atoms with Crippen LogP contribution in [0, 0.1) is 0 Å². The molecule has 0 aromatic rings. The molecular weight excluding hydrogens is 782 g/mol. The van der Waals surface area contributed by atoms with Crippen molar-refractivity contribution in [3.8, 4) is 0 Å².